The van der Waals surface area contributed by atoms with Gasteiger partial charge in [0.15, 0.2) is 6.61 Å². The minimum absolute atomic E-state index is 0.00914. The van der Waals surface area contributed by atoms with Gasteiger partial charge < -0.3 is 10.1 Å². The van der Waals surface area contributed by atoms with Crippen LogP contribution >= 0.6 is 0 Å². The molecule has 1 heterocycles. The largest absolute Gasteiger partial charge is 0.452 e. The minimum atomic E-state index is -0.595. The van der Waals surface area contributed by atoms with Crippen LogP contribution in [0.15, 0.2) is 24.3 Å². The number of carbonyl (C=O) groups is 2. The van der Waals surface area contributed by atoms with Crippen molar-refractivity contribution in [3.8, 4) is 0 Å². The highest BCUT2D eigenvalue weighted by atomic mass is 16.6. The standard InChI is InChI=1S/C18H22N4O5/c1-11(2)19-16(23)10-27-18(24)15-7-5-14(6-8-15)9-21-13(4)17(22(25)26)12(3)20-21/h5-8,11H,9-10H2,1-4H3,(H,19,23). The lowest BCUT2D eigenvalue weighted by Crippen LogP contribution is -2.33. The van der Waals surface area contributed by atoms with Crippen LogP contribution in [0.3, 0.4) is 0 Å². The molecule has 0 radical (unpaired) electrons. The Balaban J connectivity index is 2.01. The number of hydrogen-bond donors (Lipinski definition) is 1. The number of esters is 1. The number of nitrogens with one attached hydrogen (secondary N) is 1. The molecule has 0 fully saturated rings. The van der Waals surface area contributed by atoms with Gasteiger partial charge in [0.25, 0.3) is 5.91 Å². The zero-order valence-electron chi connectivity index (χ0n) is 15.7. The third kappa shape index (κ3) is 5.13. The number of ether oxygens (including phenoxy) is 1. The molecule has 0 atom stereocenters. The fourth-order valence-corrected chi connectivity index (χ4v) is 2.60. The average Bonchev–Trinajstić information content (AvgIpc) is 2.86. The van der Waals surface area contributed by atoms with E-state index < -0.39 is 10.9 Å². The molecule has 1 N–H and O–H groups in total. The smallest absolute Gasteiger partial charge is 0.338 e. The topological polar surface area (TPSA) is 116 Å². The Kier molecular flexibility index (Phi) is 6.27. The highest BCUT2D eigenvalue weighted by Gasteiger charge is 2.21. The molecule has 0 unspecified atom stereocenters. The number of rotatable bonds is 7. The second-order valence-electron chi connectivity index (χ2n) is 6.43. The van der Waals surface area contributed by atoms with E-state index >= 15 is 0 Å². The Morgan fingerprint density at radius 1 is 1.26 bits per heavy atom. The highest BCUT2D eigenvalue weighted by Crippen LogP contribution is 2.22. The number of benzene rings is 1. The maximum atomic E-state index is 12.0. The first-order valence-corrected chi connectivity index (χ1v) is 8.43. The third-order valence-corrected chi connectivity index (χ3v) is 3.83. The van der Waals surface area contributed by atoms with E-state index in [2.05, 4.69) is 10.4 Å². The summed E-state index contributed by atoms with van der Waals surface area (Å²) in [5.41, 5.74) is 1.98. The zero-order valence-corrected chi connectivity index (χ0v) is 15.7. The SMILES string of the molecule is Cc1nn(Cc2ccc(C(=O)OCC(=O)NC(C)C)cc2)c(C)c1[N+](=O)[O-]. The Hall–Kier alpha value is -3.23. The van der Waals surface area contributed by atoms with Gasteiger partial charge in [0.1, 0.15) is 11.4 Å². The summed E-state index contributed by atoms with van der Waals surface area (Å²) in [5, 5.41) is 17.9. The third-order valence-electron chi connectivity index (χ3n) is 3.83. The maximum Gasteiger partial charge on any atom is 0.338 e. The van der Waals surface area contributed by atoms with Gasteiger partial charge in [-0.2, -0.15) is 5.10 Å². The van der Waals surface area contributed by atoms with E-state index in [0.717, 1.165) is 5.56 Å². The number of nitrogens with zero attached hydrogens (tertiary/aromatic N) is 3. The van der Waals surface area contributed by atoms with E-state index in [1.54, 1.807) is 42.8 Å². The second kappa shape index (κ2) is 8.43. The predicted octanol–water partition coefficient (Wildman–Crippen LogP) is 2.14. The molecule has 0 aliphatic carbocycles. The van der Waals surface area contributed by atoms with Crippen molar-refractivity contribution in [1.29, 1.82) is 0 Å². The van der Waals surface area contributed by atoms with Crippen LogP contribution in [-0.2, 0) is 16.1 Å². The summed E-state index contributed by atoms with van der Waals surface area (Å²) in [5.74, 6) is -0.955. The Bertz CT molecular complexity index is 855. The van der Waals surface area contributed by atoms with Crippen LogP contribution in [0, 0.1) is 24.0 Å². The molecule has 9 nitrogen and oxygen atoms in total. The lowest BCUT2D eigenvalue weighted by molar-refractivity contribution is -0.386. The van der Waals surface area contributed by atoms with Crippen LogP contribution < -0.4 is 5.32 Å². The normalized spacial score (nSPS) is 10.7. The van der Waals surface area contributed by atoms with Crippen LogP contribution in [0.5, 0.6) is 0 Å². The molecule has 2 rings (SSSR count). The Morgan fingerprint density at radius 3 is 2.41 bits per heavy atom. The number of hydrogen-bond acceptors (Lipinski definition) is 6. The molecule has 1 aromatic heterocycles. The molecule has 0 saturated heterocycles. The van der Waals surface area contributed by atoms with Crippen molar-refractivity contribution in [2.75, 3.05) is 6.61 Å². The second-order valence-corrected chi connectivity index (χ2v) is 6.43. The highest BCUT2D eigenvalue weighted by molar-refractivity contribution is 5.91. The number of aryl methyl sites for hydroxylation is 1. The molecule has 27 heavy (non-hydrogen) atoms. The van der Waals surface area contributed by atoms with E-state index in [1.807, 2.05) is 13.8 Å². The van der Waals surface area contributed by atoms with E-state index in [0.29, 0.717) is 23.5 Å². The van der Waals surface area contributed by atoms with Gasteiger partial charge in [0.2, 0.25) is 0 Å². The van der Waals surface area contributed by atoms with E-state index in [9.17, 15) is 19.7 Å². The van der Waals surface area contributed by atoms with Gasteiger partial charge >= 0.3 is 11.7 Å². The van der Waals surface area contributed by atoms with Crippen molar-refractivity contribution in [3.63, 3.8) is 0 Å². The summed E-state index contributed by atoms with van der Waals surface area (Å²) in [6.45, 7) is 6.87. The van der Waals surface area contributed by atoms with Gasteiger partial charge in [-0.15, -0.1) is 0 Å². The molecule has 144 valence electrons. The average molecular weight is 374 g/mol. The maximum absolute atomic E-state index is 12.0. The molecule has 0 bridgehead atoms. The fourth-order valence-electron chi connectivity index (χ4n) is 2.60. The predicted molar refractivity (Wildman–Crippen MR) is 97.5 cm³/mol. The van der Waals surface area contributed by atoms with Crippen LogP contribution in [-0.4, -0.2) is 39.2 Å². The lowest BCUT2D eigenvalue weighted by atomic mass is 10.1. The van der Waals surface area contributed by atoms with Gasteiger partial charge in [0, 0.05) is 6.04 Å². The number of carbonyl (C=O) groups excluding carboxylic acids is 2. The van der Waals surface area contributed by atoms with Crippen LogP contribution in [0.2, 0.25) is 0 Å². The van der Waals surface area contributed by atoms with Crippen molar-refractivity contribution in [3.05, 3.63) is 56.9 Å². The molecule has 0 aliphatic heterocycles. The first-order valence-electron chi connectivity index (χ1n) is 8.43. The van der Waals surface area contributed by atoms with Crippen molar-refractivity contribution in [2.24, 2.45) is 0 Å². The van der Waals surface area contributed by atoms with E-state index in [4.69, 9.17) is 4.74 Å². The molecular formula is C18H22N4O5. The van der Waals surface area contributed by atoms with Crippen LogP contribution in [0.4, 0.5) is 5.69 Å². The monoisotopic (exact) mass is 374 g/mol. The van der Waals surface area contributed by atoms with Gasteiger partial charge in [-0.1, -0.05) is 12.1 Å². The van der Waals surface area contributed by atoms with Gasteiger partial charge in [0.05, 0.1) is 17.0 Å². The summed E-state index contributed by atoms with van der Waals surface area (Å²) >= 11 is 0. The summed E-state index contributed by atoms with van der Waals surface area (Å²) in [6, 6.07) is 6.57. The molecule has 9 heteroatoms. The molecule has 1 amide bonds. The van der Waals surface area contributed by atoms with Crippen molar-refractivity contribution < 1.29 is 19.2 Å². The number of aromatic nitrogens is 2. The first kappa shape index (κ1) is 20.1. The Morgan fingerprint density at radius 2 is 1.89 bits per heavy atom. The van der Waals surface area contributed by atoms with Crippen LogP contribution in [0.1, 0.15) is 41.2 Å². The molecular weight excluding hydrogens is 352 g/mol. The molecule has 2 aromatic rings. The van der Waals surface area contributed by atoms with Gasteiger partial charge in [-0.05, 0) is 45.4 Å². The summed E-state index contributed by atoms with van der Waals surface area (Å²) in [6.07, 6.45) is 0. The quantitative estimate of drug-likeness (QED) is 0.451. The molecule has 0 aliphatic rings. The number of nitro groups is 1. The summed E-state index contributed by atoms with van der Waals surface area (Å²) in [7, 11) is 0. The summed E-state index contributed by atoms with van der Waals surface area (Å²) < 4.78 is 6.52. The lowest BCUT2D eigenvalue weighted by Gasteiger charge is -2.09. The molecule has 0 saturated carbocycles. The molecule has 0 spiro atoms. The van der Waals surface area contributed by atoms with Crippen LogP contribution in [0.25, 0.3) is 0 Å². The van der Waals surface area contributed by atoms with E-state index in [-0.39, 0.29) is 24.2 Å². The zero-order chi connectivity index (χ0) is 20.1. The Labute approximate surface area is 156 Å². The van der Waals surface area contributed by atoms with Crippen molar-refractivity contribution in [1.82, 2.24) is 15.1 Å². The molecule has 1 aromatic carbocycles. The van der Waals surface area contributed by atoms with Crippen molar-refractivity contribution >= 4 is 17.6 Å². The van der Waals surface area contributed by atoms with Gasteiger partial charge in [-0.3, -0.25) is 19.6 Å². The fraction of sp³-hybridized carbons (Fsp3) is 0.389. The van der Waals surface area contributed by atoms with E-state index in [1.165, 1.54) is 0 Å². The van der Waals surface area contributed by atoms with Gasteiger partial charge in [-0.25, -0.2) is 4.79 Å². The number of amides is 1. The van der Waals surface area contributed by atoms with Crippen molar-refractivity contribution in [2.45, 2.75) is 40.3 Å². The first-order chi connectivity index (χ1) is 12.7. The summed E-state index contributed by atoms with van der Waals surface area (Å²) in [4.78, 5) is 34.1. The minimum Gasteiger partial charge on any atom is -0.452 e.